The number of anilines is 1. The van der Waals surface area contributed by atoms with Crippen molar-refractivity contribution < 1.29 is 14.3 Å². The van der Waals surface area contributed by atoms with Gasteiger partial charge in [0.1, 0.15) is 23.7 Å². The first kappa shape index (κ1) is 21.4. The molecule has 1 aromatic carbocycles. The van der Waals surface area contributed by atoms with Crippen molar-refractivity contribution in [2.75, 3.05) is 32.0 Å². The number of carbonyl (C=O) groups excluding carboxylic acids is 1. The number of benzene rings is 1. The van der Waals surface area contributed by atoms with E-state index in [-0.39, 0.29) is 5.91 Å². The molecule has 0 bridgehead atoms. The van der Waals surface area contributed by atoms with Gasteiger partial charge in [-0.15, -0.1) is 0 Å². The van der Waals surface area contributed by atoms with Gasteiger partial charge in [-0.05, 0) is 44.4 Å². The minimum atomic E-state index is 0.254. The van der Waals surface area contributed by atoms with Gasteiger partial charge in [0.2, 0.25) is 5.91 Å². The number of hydrogen-bond donors (Lipinski definition) is 1. The lowest BCUT2D eigenvalue weighted by Gasteiger charge is -2.15. The number of imidazole rings is 1. The van der Waals surface area contributed by atoms with Gasteiger partial charge in [-0.2, -0.15) is 0 Å². The molecule has 8 heteroatoms. The van der Waals surface area contributed by atoms with E-state index in [9.17, 15) is 4.79 Å². The fourth-order valence-electron chi connectivity index (χ4n) is 4.18. The number of nitrogens with zero attached hydrogens (tertiary/aromatic N) is 4. The molecule has 3 aromatic rings. The minimum Gasteiger partial charge on any atom is -0.494 e. The highest BCUT2D eigenvalue weighted by molar-refractivity contribution is 6.07. The number of carbonyl (C=O) groups is 1. The Morgan fingerprint density at radius 1 is 1.19 bits per heavy atom. The average molecular weight is 426 g/mol. The highest BCUT2D eigenvalue weighted by atomic mass is 16.5. The number of amides is 1. The summed E-state index contributed by atoms with van der Waals surface area (Å²) in [6.07, 6.45) is 3.42. The number of rotatable bonds is 10. The summed E-state index contributed by atoms with van der Waals surface area (Å²) in [5, 5.41) is 0.972. The summed E-state index contributed by atoms with van der Waals surface area (Å²) in [6, 6.07) is 5.88. The lowest BCUT2D eigenvalue weighted by Crippen LogP contribution is -2.26. The van der Waals surface area contributed by atoms with Crippen molar-refractivity contribution in [2.24, 2.45) is 0 Å². The lowest BCUT2D eigenvalue weighted by atomic mass is 10.1. The second-order valence-corrected chi connectivity index (χ2v) is 7.88. The predicted molar refractivity (Wildman–Crippen MR) is 121 cm³/mol. The van der Waals surface area contributed by atoms with Crippen LogP contribution < -0.4 is 10.5 Å². The Balaban J connectivity index is 1.60. The molecule has 1 amide bonds. The topological polar surface area (TPSA) is 95.5 Å². The second kappa shape index (κ2) is 9.51. The molecule has 1 saturated heterocycles. The zero-order valence-electron chi connectivity index (χ0n) is 18.4. The van der Waals surface area contributed by atoms with Crippen LogP contribution >= 0.6 is 0 Å². The van der Waals surface area contributed by atoms with E-state index in [1.807, 2.05) is 30.0 Å². The second-order valence-electron chi connectivity index (χ2n) is 7.88. The Bertz CT molecular complexity index is 1080. The molecule has 0 spiro atoms. The number of hydrogen-bond acceptors (Lipinski definition) is 6. The van der Waals surface area contributed by atoms with E-state index in [1.54, 1.807) is 0 Å². The number of aryl methyl sites for hydroxylation is 1. The summed E-state index contributed by atoms with van der Waals surface area (Å²) in [4.78, 5) is 23.0. The summed E-state index contributed by atoms with van der Waals surface area (Å²) in [7, 11) is 0. The van der Waals surface area contributed by atoms with Crippen molar-refractivity contribution in [1.29, 1.82) is 0 Å². The molecule has 1 aliphatic rings. The SMILES string of the molecule is CCCn1c(COCC)nc2c(N)nc3ccc(OCCCN4CCCC4=O)cc3c21. The smallest absolute Gasteiger partial charge is 0.222 e. The Morgan fingerprint density at radius 3 is 2.81 bits per heavy atom. The van der Waals surface area contributed by atoms with Crippen molar-refractivity contribution in [1.82, 2.24) is 19.4 Å². The summed E-state index contributed by atoms with van der Waals surface area (Å²) < 4.78 is 13.8. The van der Waals surface area contributed by atoms with Crippen molar-refractivity contribution in [3.63, 3.8) is 0 Å². The first-order chi connectivity index (χ1) is 15.1. The Hall–Kier alpha value is -2.87. The lowest BCUT2D eigenvalue weighted by molar-refractivity contribution is -0.127. The van der Waals surface area contributed by atoms with Gasteiger partial charge in [0, 0.05) is 38.0 Å². The molecule has 166 valence electrons. The summed E-state index contributed by atoms with van der Waals surface area (Å²) in [5.41, 5.74) is 8.75. The molecule has 4 rings (SSSR count). The van der Waals surface area contributed by atoms with Crippen LogP contribution in [0, 0.1) is 0 Å². The van der Waals surface area contributed by atoms with Crippen LogP contribution in [-0.2, 0) is 22.7 Å². The third kappa shape index (κ3) is 4.44. The molecule has 2 N–H and O–H groups in total. The maximum atomic E-state index is 11.7. The molecule has 1 fully saturated rings. The first-order valence-electron chi connectivity index (χ1n) is 11.2. The Morgan fingerprint density at radius 2 is 2.06 bits per heavy atom. The van der Waals surface area contributed by atoms with Crippen LogP contribution in [0.2, 0.25) is 0 Å². The molecule has 8 nitrogen and oxygen atoms in total. The fraction of sp³-hybridized carbons (Fsp3) is 0.522. The Labute approximate surface area is 182 Å². The summed E-state index contributed by atoms with van der Waals surface area (Å²) in [5.74, 6) is 2.33. The molecule has 0 radical (unpaired) electrons. The van der Waals surface area contributed by atoms with Crippen molar-refractivity contribution in [3.05, 3.63) is 24.0 Å². The van der Waals surface area contributed by atoms with E-state index in [4.69, 9.17) is 20.2 Å². The van der Waals surface area contributed by atoms with Crippen molar-refractivity contribution in [2.45, 2.75) is 52.7 Å². The average Bonchev–Trinajstić information content (AvgIpc) is 3.34. The third-order valence-electron chi connectivity index (χ3n) is 5.65. The standard InChI is InChI=1S/C23H31N5O3/c1-3-10-28-19(15-30-4-2)26-21-22(28)17-14-16(8-9-18(17)25-23(21)24)31-13-6-12-27-11-5-7-20(27)29/h8-9,14H,3-7,10-13,15H2,1-2H3,(H2,24,25). The molecule has 0 atom stereocenters. The van der Waals surface area contributed by atoms with Crippen molar-refractivity contribution in [3.8, 4) is 5.75 Å². The van der Waals surface area contributed by atoms with E-state index in [0.717, 1.165) is 66.9 Å². The first-order valence-corrected chi connectivity index (χ1v) is 11.2. The Kier molecular flexibility index (Phi) is 6.56. The molecule has 0 unspecified atom stereocenters. The van der Waals surface area contributed by atoms with Gasteiger partial charge in [-0.3, -0.25) is 4.79 Å². The van der Waals surface area contributed by atoms with Gasteiger partial charge >= 0.3 is 0 Å². The van der Waals surface area contributed by atoms with Crippen LogP contribution in [0.4, 0.5) is 5.82 Å². The molecular formula is C23H31N5O3. The van der Waals surface area contributed by atoms with E-state index in [0.29, 0.717) is 37.6 Å². The quantitative estimate of drug-likeness (QED) is 0.500. The van der Waals surface area contributed by atoms with E-state index in [2.05, 4.69) is 16.5 Å². The van der Waals surface area contributed by atoms with Crippen LogP contribution in [0.1, 0.15) is 45.4 Å². The summed E-state index contributed by atoms with van der Waals surface area (Å²) in [6.45, 7) is 8.19. The van der Waals surface area contributed by atoms with Gasteiger partial charge in [0.15, 0.2) is 5.82 Å². The normalized spacial score (nSPS) is 14.3. The minimum absolute atomic E-state index is 0.254. The van der Waals surface area contributed by atoms with E-state index >= 15 is 0 Å². The van der Waals surface area contributed by atoms with Gasteiger partial charge in [-0.1, -0.05) is 6.92 Å². The predicted octanol–water partition coefficient (Wildman–Crippen LogP) is 3.50. The van der Waals surface area contributed by atoms with Gasteiger partial charge in [-0.25, -0.2) is 9.97 Å². The van der Waals surface area contributed by atoms with Crippen LogP contribution in [-0.4, -0.2) is 51.6 Å². The number of aromatic nitrogens is 3. The van der Waals surface area contributed by atoms with Crippen molar-refractivity contribution >= 4 is 33.7 Å². The number of fused-ring (bicyclic) bond motifs is 3. The monoisotopic (exact) mass is 425 g/mol. The third-order valence-corrected chi connectivity index (χ3v) is 5.65. The van der Waals surface area contributed by atoms with Gasteiger partial charge in [0.05, 0.1) is 17.6 Å². The molecule has 3 heterocycles. The largest absolute Gasteiger partial charge is 0.494 e. The molecule has 0 aliphatic carbocycles. The highest BCUT2D eigenvalue weighted by Crippen LogP contribution is 2.31. The highest BCUT2D eigenvalue weighted by Gasteiger charge is 2.20. The maximum Gasteiger partial charge on any atom is 0.222 e. The van der Waals surface area contributed by atoms with Crippen LogP contribution in [0.15, 0.2) is 18.2 Å². The number of nitrogen functional groups attached to an aromatic ring is 1. The molecular weight excluding hydrogens is 394 g/mol. The molecule has 2 aromatic heterocycles. The number of likely N-dealkylation sites (tertiary alicyclic amines) is 1. The fourth-order valence-corrected chi connectivity index (χ4v) is 4.18. The molecule has 1 aliphatic heterocycles. The number of nitrogens with two attached hydrogens (primary N) is 1. The van der Waals surface area contributed by atoms with Crippen LogP contribution in [0.3, 0.4) is 0 Å². The molecule has 31 heavy (non-hydrogen) atoms. The summed E-state index contributed by atoms with van der Waals surface area (Å²) >= 11 is 0. The van der Waals surface area contributed by atoms with Gasteiger partial charge in [0.25, 0.3) is 0 Å². The van der Waals surface area contributed by atoms with Crippen LogP contribution in [0.25, 0.3) is 21.9 Å². The zero-order chi connectivity index (χ0) is 21.8. The number of ether oxygens (including phenoxy) is 2. The van der Waals surface area contributed by atoms with Gasteiger partial charge < -0.3 is 24.7 Å². The molecule has 0 saturated carbocycles. The zero-order valence-corrected chi connectivity index (χ0v) is 18.4. The van der Waals surface area contributed by atoms with E-state index in [1.165, 1.54) is 0 Å². The maximum absolute atomic E-state index is 11.7. The number of pyridine rings is 1. The van der Waals surface area contributed by atoms with Crippen LogP contribution in [0.5, 0.6) is 5.75 Å². The van der Waals surface area contributed by atoms with E-state index < -0.39 is 0 Å².